The summed E-state index contributed by atoms with van der Waals surface area (Å²) in [5.74, 6) is 0.817. The molecule has 0 fully saturated rings. The van der Waals surface area contributed by atoms with E-state index in [1.165, 1.54) is 0 Å². The Balaban J connectivity index is 2.17. The summed E-state index contributed by atoms with van der Waals surface area (Å²) in [5, 5.41) is 0. The molecule has 0 radical (unpaired) electrons. The zero-order valence-electron chi connectivity index (χ0n) is 12.1. The second-order valence-corrected chi connectivity index (χ2v) is 4.84. The van der Waals surface area contributed by atoms with E-state index in [0.29, 0.717) is 12.1 Å². The van der Waals surface area contributed by atoms with E-state index < -0.39 is 0 Å². The van der Waals surface area contributed by atoms with E-state index in [2.05, 4.69) is 0 Å². The summed E-state index contributed by atoms with van der Waals surface area (Å²) < 4.78 is 5.35. The lowest BCUT2D eigenvalue weighted by Crippen LogP contribution is -2.26. The maximum atomic E-state index is 12.3. The minimum absolute atomic E-state index is 0.00848. The van der Waals surface area contributed by atoms with Crippen molar-refractivity contribution in [2.45, 2.75) is 13.5 Å². The largest absolute Gasteiger partial charge is 0.496 e. The molecule has 0 heterocycles. The average Bonchev–Trinajstić information content (AvgIpc) is 2.47. The molecule has 0 atom stereocenters. The standard InChI is InChI=1S/C17H19NO2/c1-13-9-10-16(20-3)15(11-13)12-18(2)17(19)14-7-5-4-6-8-14/h4-11H,12H2,1-3H3. The molecule has 20 heavy (non-hydrogen) atoms. The first-order valence-electron chi connectivity index (χ1n) is 6.56. The topological polar surface area (TPSA) is 29.5 Å². The van der Waals surface area contributed by atoms with Crippen LogP contribution in [0.15, 0.2) is 48.5 Å². The molecule has 3 nitrogen and oxygen atoms in total. The van der Waals surface area contributed by atoms with Gasteiger partial charge in [-0.05, 0) is 25.1 Å². The zero-order chi connectivity index (χ0) is 14.5. The van der Waals surface area contributed by atoms with Crippen molar-refractivity contribution in [3.63, 3.8) is 0 Å². The third-order valence-corrected chi connectivity index (χ3v) is 3.21. The van der Waals surface area contributed by atoms with E-state index in [4.69, 9.17) is 4.74 Å². The molecule has 0 aromatic heterocycles. The summed E-state index contributed by atoms with van der Waals surface area (Å²) in [5.41, 5.74) is 2.86. The molecule has 2 rings (SSSR count). The number of aryl methyl sites for hydroxylation is 1. The number of hydrogen-bond donors (Lipinski definition) is 0. The molecule has 1 amide bonds. The van der Waals surface area contributed by atoms with Crippen LogP contribution in [-0.2, 0) is 6.54 Å². The first-order valence-corrected chi connectivity index (χ1v) is 6.56. The van der Waals surface area contributed by atoms with Crippen LogP contribution in [-0.4, -0.2) is 25.0 Å². The van der Waals surface area contributed by atoms with Crippen LogP contribution < -0.4 is 4.74 Å². The van der Waals surface area contributed by atoms with E-state index in [-0.39, 0.29) is 5.91 Å². The lowest BCUT2D eigenvalue weighted by atomic mass is 10.1. The normalized spacial score (nSPS) is 10.2. The molecular formula is C17H19NO2. The average molecular weight is 269 g/mol. The minimum Gasteiger partial charge on any atom is -0.496 e. The molecular weight excluding hydrogens is 250 g/mol. The summed E-state index contributed by atoms with van der Waals surface area (Å²) >= 11 is 0. The summed E-state index contributed by atoms with van der Waals surface area (Å²) in [6, 6.07) is 15.3. The molecule has 0 aliphatic carbocycles. The molecule has 0 aliphatic heterocycles. The number of methoxy groups -OCH3 is 1. The van der Waals surface area contributed by atoms with Gasteiger partial charge in [0, 0.05) is 24.7 Å². The lowest BCUT2D eigenvalue weighted by Gasteiger charge is -2.19. The second-order valence-electron chi connectivity index (χ2n) is 4.84. The van der Waals surface area contributed by atoms with Crippen molar-refractivity contribution in [3.8, 4) is 5.75 Å². The van der Waals surface area contributed by atoms with Crippen LogP contribution in [0.4, 0.5) is 0 Å². The van der Waals surface area contributed by atoms with Crippen molar-refractivity contribution >= 4 is 5.91 Å². The highest BCUT2D eigenvalue weighted by molar-refractivity contribution is 5.93. The molecule has 3 heteroatoms. The van der Waals surface area contributed by atoms with Crippen molar-refractivity contribution < 1.29 is 9.53 Å². The number of ether oxygens (including phenoxy) is 1. The summed E-state index contributed by atoms with van der Waals surface area (Å²) in [7, 11) is 3.45. The Morgan fingerprint density at radius 2 is 1.85 bits per heavy atom. The number of carbonyl (C=O) groups is 1. The fourth-order valence-electron chi connectivity index (χ4n) is 2.16. The first-order chi connectivity index (χ1) is 9.61. The van der Waals surface area contributed by atoms with E-state index >= 15 is 0 Å². The van der Waals surface area contributed by atoms with Gasteiger partial charge in [0.15, 0.2) is 0 Å². The van der Waals surface area contributed by atoms with Gasteiger partial charge in [-0.25, -0.2) is 0 Å². The fourth-order valence-corrected chi connectivity index (χ4v) is 2.16. The molecule has 0 saturated heterocycles. The van der Waals surface area contributed by atoms with Crippen molar-refractivity contribution in [1.29, 1.82) is 0 Å². The maximum absolute atomic E-state index is 12.3. The summed E-state index contributed by atoms with van der Waals surface area (Å²) in [6.07, 6.45) is 0. The Bertz CT molecular complexity index is 593. The number of nitrogens with zero attached hydrogens (tertiary/aromatic N) is 1. The van der Waals surface area contributed by atoms with Crippen LogP contribution in [0.1, 0.15) is 21.5 Å². The molecule has 0 aliphatic rings. The van der Waals surface area contributed by atoms with E-state index in [9.17, 15) is 4.79 Å². The van der Waals surface area contributed by atoms with Gasteiger partial charge < -0.3 is 9.64 Å². The van der Waals surface area contributed by atoms with Crippen LogP contribution in [0.2, 0.25) is 0 Å². The molecule has 0 unspecified atom stereocenters. The SMILES string of the molecule is COc1ccc(C)cc1CN(C)C(=O)c1ccccc1. The number of hydrogen-bond acceptors (Lipinski definition) is 2. The Kier molecular flexibility index (Phi) is 4.41. The van der Waals surface area contributed by atoms with Crippen LogP contribution in [0, 0.1) is 6.92 Å². The van der Waals surface area contributed by atoms with Gasteiger partial charge in [-0.2, -0.15) is 0 Å². The molecule has 0 saturated carbocycles. The highest BCUT2D eigenvalue weighted by Crippen LogP contribution is 2.21. The number of rotatable bonds is 4. The molecule has 104 valence electrons. The number of benzene rings is 2. The number of amides is 1. The monoisotopic (exact) mass is 269 g/mol. The van der Waals surface area contributed by atoms with Gasteiger partial charge in [-0.1, -0.05) is 35.9 Å². The quantitative estimate of drug-likeness (QED) is 0.852. The van der Waals surface area contributed by atoms with Crippen molar-refractivity contribution in [2.24, 2.45) is 0 Å². The van der Waals surface area contributed by atoms with Crippen molar-refractivity contribution in [3.05, 3.63) is 65.2 Å². The predicted octanol–water partition coefficient (Wildman–Crippen LogP) is 3.28. The molecule has 0 spiro atoms. The molecule has 2 aromatic carbocycles. The van der Waals surface area contributed by atoms with Crippen LogP contribution >= 0.6 is 0 Å². The smallest absolute Gasteiger partial charge is 0.253 e. The van der Waals surface area contributed by atoms with E-state index in [1.54, 1.807) is 19.1 Å². The zero-order valence-corrected chi connectivity index (χ0v) is 12.1. The van der Waals surface area contributed by atoms with Crippen molar-refractivity contribution in [2.75, 3.05) is 14.2 Å². The summed E-state index contributed by atoms with van der Waals surface area (Å²) in [4.78, 5) is 14.0. The third kappa shape index (κ3) is 3.18. The fraction of sp³-hybridized carbons (Fsp3) is 0.235. The Morgan fingerprint density at radius 1 is 1.15 bits per heavy atom. The second kappa shape index (κ2) is 6.24. The van der Waals surface area contributed by atoms with Gasteiger partial charge in [0.1, 0.15) is 5.75 Å². The maximum Gasteiger partial charge on any atom is 0.253 e. The minimum atomic E-state index is 0.00848. The lowest BCUT2D eigenvalue weighted by molar-refractivity contribution is 0.0784. The van der Waals surface area contributed by atoms with Gasteiger partial charge in [0.25, 0.3) is 5.91 Å². The van der Waals surface area contributed by atoms with Crippen LogP contribution in [0.3, 0.4) is 0 Å². The number of carbonyl (C=O) groups excluding carboxylic acids is 1. The molecule has 2 aromatic rings. The van der Waals surface area contributed by atoms with Gasteiger partial charge in [-0.3, -0.25) is 4.79 Å². The highest BCUT2D eigenvalue weighted by atomic mass is 16.5. The van der Waals surface area contributed by atoms with Gasteiger partial charge in [0.2, 0.25) is 0 Å². The van der Waals surface area contributed by atoms with Gasteiger partial charge in [0.05, 0.1) is 7.11 Å². The predicted molar refractivity (Wildman–Crippen MR) is 80.0 cm³/mol. The van der Waals surface area contributed by atoms with Crippen molar-refractivity contribution in [1.82, 2.24) is 4.90 Å². The van der Waals surface area contributed by atoms with E-state index in [0.717, 1.165) is 16.9 Å². The van der Waals surface area contributed by atoms with Crippen LogP contribution in [0.5, 0.6) is 5.75 Å². The van der Waals surface area contributed by atoms with Crippen LogP contribution in [0.25, 0.3) is 0 Å². The van der Waals surface area contributed by atoms with E-state index in [1.807, 2.05) is 55.5 Å². The summed E-state index contributed by atoms with van der Waals surface area (Å²) in [6.45, 7) is 2.56. The third-order valence-electron chi connectivity index (χ3n) is 3.21. The first kappa shape index (κ1) is 14.1. The molecule has 0 N–H and O–H groups in total. The molecule has 0 bridgehead atoms. The van der Waals surface area contributed by atoms with Gasteiger partial charge >= 0.3 is 0 Å². The highest BCUT2D eigenvalue weighted by Gasteiger charge is 2.13. The Morgan fingerprint density at radius 3 is 2.50 bits per heavy atom. The van der Waals surface area contributed by atoms with Gasteiger partial charge in [-0.15, -0.1) is 0 Å². The Labute approximate surface area is 119 Å². The Hall–Kier alpha value is -2.29.